The zero-order chi connectivity index (χ0) is 14.5. The molecule has 0 amide bonds. The van der Waals surface area contributed by atoms with E-state index >= 15 is 0 Å². The first-order valence-corrected chi connectivity index (χ1v) is 8.70. The summed E-state index contributed by atoms with van der Waals surface area (Å²) >= 11 is 2.02. The number of aryl methyl sites for hydroxylation is 2. The molecule has 0 bridgehead atoms. The van der Waals surface area contributed by atoms with Crippen molar-refractivity contribution < 1.29 is 0 Å². The van der Waals surface area contributed by atoms with Gasteiger partial charge in [-0.1, -0.05) is 32.8 Å². The van der Waals surface area contributed by atoms with E-state index in [0.717, 1.165) is 0 Å². The minimum Gasteiger partial charge on any atom is -0.378 e. The molecule has 2 heteroatoms. The number of anilines is 1. The molecule has 1 nitrogen and oxygen atoms in total. The van der Waals surface area contributed by atoms with Gasteiger partial charge in [-0.25, -0.2) is 0 Å². The zero-order valence-electron chi connectivity index (χ0n) is 13.3. The fraction of sp³-hybridized carbons (Fsp3) is 0.556. The van der Waals surface area contributed by atoms with E-state index in [1.54, 1.807) is 10.4 Å². The van der Waals surface area contributed by atoms with E-state index < -0.39 is 0 Å². The first kappa shape index (κ1) is 15.4. The molecule has 0 unspecified atom stereocenters. The molecule has 110 valence electrons. The molecule has 0 aliphatic heterocycles. The molecule has 2 aromatic rings. The van der Waals surface area contributed by atoms with Gasteiger partial charge >= 0.3 is 0 Å². The Balaban J connectivity index is 2.41. The van der Waals surface area contributed by atoms with Crippen molar-refractivity contribution in [2.75, 3.05) is 19.0 Å². The van der Waals surface area contributed by atoms with Crippen LogP contribution in [0.2, 0.25) is 0 Å². The fourth-order valence-corrected chi connectivity index (χ4v) is 3.96. The van der Waals surface area contributed by atoms with Gasteiger partial charge in [0.1, 0.15) is 0 Å². The molecule has 0 atom stereocenters. The van der Waals surface area contributed by atoms with E-state index in [1.165, 1.54) is 54.3 Å². The van der Waals surface area contributed by atoms with Crippen LogP contribution in [0.4, 0.5) is 5.69 Å². The monoisotopic (exact) mass is 289 g/mol. The summed E-state index contributed by atoms with van der Waals surface area (Å²) in [5.74, 6) is 0. The normalized spacial score (nSPS) is 11.2. The Morgan fingerprint density at radius 1 is 1.00 bits per heavy atom. The Kier molecular flexibility index (Phi) is 5.47. The highest BCUT2D eigenvalue weighted by molar-refractivity contribution is 7.19. The van der Waals surface area contributed by atoms with Gasteiger partial charge in [0.2, 0.25) is 0 Å². The summed E-state index contributed by atoms with van der Waals surface area (Å²) in [4.78, 5) is 3.82. The summed E-state index contributed by atoms with van der Waals surface area (Å²) in [5.41, 5.74) is 2.94. The molecule has 0 spiro atoms. The third-order valence-corrected chi connectivity index (χ3v) is 5.17. The van der Waals surface area contributed by atoms with Crippen molar-refractivity contribution >= 4 is 27.1 Å². The molecular weight excluding hydrogens is 262 g/mol. The average molecular weight is 289 g/mol. The van der Waals surface area contributed by atoms with Gasteiger partial charge in [0.05, 0.1) is 0 Å². The molecule has 0 saturated carbocycles. The molecule has 1 aromatic carbocycles. The van der Waals surface area contributed by atoms with Crippen LogP contribution in [0.5, 0.6) is 0 Å². The molecule has 0 fully saturated rings. The van der Waals surface area contributed by atoms with E-state index in [1.807, 2.05) is 11.3 Å². The lowest BCUT2D eigenvalue weighted by Gasteiger charge is -2.12. The summed E-state index contributed by atoms with van der Waals surface area (Å²) in [7, 11) is 4.23. The number of unbranched alkanes of at least 4 members (excludes halogenated alkanes) is 2. The number of benzene rings is 1. The maximum atomic E-state index is 2.35. The molecule has 0 aliphatic carbocycles. The van der Waals surface area contributed by atoms with Crippen LogP contribution in [-0.2, 0) is 12.8 Å². The zero-order valence-corrected chi connectivity index (χ0v) is 14.1. The van der Waals surface area contributed by atoms with E-state index in [4.69, 9.17) is 0 Å². The molecule has 0 N–H and O–H groups in total. The van der Waals surface area contributed by atoms with Crippen molar-refractivity contribution in [2.45, 2.75) is 52.4 Å². The van der Waals surface area contributed by atoms with Gasteiger partial charge in [-0.3, -0.25) is 0 Å². The van der Waals surface area contributed by atoms with Crippen LogP contribution in [-0.4, -0.2) is 14.1 Å². The van der Waals surface area contributed by atoms with E-state index in [0.29, 0.717) is 0 Å². The van der Waals surface area contributed by atoms with Crippen LogP contribution in [0.3, 0.4) is 0 Å². The van der Waals surface area contributed by atoms with Gasteiger partial charge in [-0.05, 0) is 48.8 Å². The molecule has 0 aliphatic rings. The first-order valence-electron chi connectivity index (χ1n) is 7.89. The smallest absolute Gasteiger partial charge is 0.0375 e. The Bertz CT molecular complexity index is 554. The number of thiophene rings is 1. The van der Waals surface area contributed by atoms with Crippen LogP contribution in [0.25, 0.3) is 10.1 Å². The molecule has 20 heavy (non-hydrogen) atoms. The molecule has 2 rings (SSSR count). The maximum Gasteiger partial charge on any atom is 0.0375 e. The van der Waals surface area contributed by atoms with Crippen molar-refractivity contribution in [1.29, 1.82) is 0 Å². The Morgan fingerprint density at radius 3 is 2.35 bits per heavy atom. The molecule has 0 saturated heterocycles. The second kappa shape index (κ2) is 7.12. The van der Waals surface area contributed by atoms with Crippen LogP contribution >= 0.6 is 11.3 Å². The average Bonchev–Trinajstić information content (AvgIpc) is 2.79. The number of hydrogen-bond donors (Lipinski definition) is 0. The highest BCUT2D eigenvalue weighted by Gasteiger charge is 2.12. The van der Waals surface area contributed by atoms with Crippen LogP contribution in [0.15, 0.2) is 18.2 Å². The van der Waals surface area contributed by atoms with Gasteiger partial charge < -0.3 is 4.90 Å². The van der Waals surface area contributed by atoms with Crippen LogP contribution in [0, 0.1) is 0 Å². The number of nitrogens with zero attached hydrogens (tertiary/aromatic N) is 1. The maximum absolute atomic E-state index is 2.35. The van der Waals surface area contributed by atoms with Crippen LogP contribution < -0.4 is 4.90 Å². The molecule has 1 heterocycles. The Hall–Kier alpha value is -1.02. The third kappa shape index (κ3) is 3.35. The molecule has 1 aromatic heterocycles. The highest BCUT2D eigenvalue weighted by atomic mass is 32.1. The van der Waals surface area contributed by atoms with Gasteiger partial charge in [-0.15, -0.1) is 11.3 Å². The van der Waals surface area contributed by atoms with Gasteiger partial charge in [0.25, 0.3) is 0 Å². The summed E-state index contributed by atoms with van der Waals surface area (Å²) in [6, 6.07) is 6.95. The minimum atomic E-state index is 1.25. The van der Waals surface area contributed by atoms with Crippen LogP contribution in [0.1, 0.15) is 50.0 Å². The van der Waals surface area contributed by atoms with Crippen molar-refractivity contribution in [3.8, 4) is 0 Å². The lowest BCUT2D eigenvalue weighted by Crippen LogP contribution is -2.07. The quantitative estimate of drug-likeness (QED) is 0.636. The Labute approximate surface area is 127 Å². The lowest BCUT2D eigenvalue weighted by atomic mass is 10.0. The topological polar surface area (TPSA) is 3.24 Å². The SMILES string of the molecule is CCCCc1sc2cc(N(C)C)ccc2c1CCCC. The molecule has 0 radical (unpaired) electrons. The van der Waals surface area contributed by atoms with E-state index in [9.17, 15) is 0 Å². The number of hydrogen-bond acceptors (Lipinski definition) is 2. The second-order valence-corrected chi connectivity index (χ2v) is 6.92. The van der Waals surface area contributed by atoms with Crippen molar-refractivity contribution in [3.63, 3.8) is 0 Å². The third-order valence-electron chi connectivity index (χ3n) is 3.91. The lowest BCUT2D eigenvalue weighted by molar-refractivity contribution is 0.770. The molecular formula is C18H27NS. The standard InChI is InChI=1S/C18H27NS/c1-5-7-9-15-16-12-11-14(19(3)4)13-18(16)20-17(15)10-8-6-2/h11-13H,5-10H2,1-4H3. The van der Waals surface area contributed by atoms with Gasteiger partial charge in [0.15, 0.2) is 0 Å². The second-order valence-electron chi connectivity index (χ2n) is 5.79. The van der Waals surface area contributed by atoms with E-state index in [2.05, 4.69) is 51.0 Å². The summed E-state index contributed by atoms with van der Waals surface area (Å²) < 4.78 is 1.47. The summed E-state index contributed by atoms with van der Waals surface area (Å²) in [6.07, 6.45) is 7.68. The summed E-state index contributed by atoms with van der Waals surface area (Å²) in [5, 5.41) is 1.50. The van der Waals surface area contributed by atoms with Gasteiger partial charge in [-0.2, -0.15) is 0 Å². The number of fused-ring (bicyclic) bond motifs is 1. The van der Waals surface area contributed by atoms with Crippen molar-refractivity contribution in [1.82, 2.24) is 0 Å². The predicted octanol–water partition coefficient (Wildman–Crippen LogP) is 5.65. The Morgan fingerprint density at radius 2 is 1.70 bits per heavy atom. The van der Waals surface area contributed by atoms with Crippen molar-refractivity contribution in [2.24, 2.45) is 0 Å². The van der Waals surface area contributed by atoms with Gasteiger partial charge in [0, 0.05) is 29.4 Å². The van der Waals surface area contributed by atoms with E-state index in [-0.39, 0.29) is 0 Å². The largest absolute Gasteiger partial charge is 0.378 e. The predicted molar refractivity (Wildman–Crippen MR) is 93.4 cm³/mol. The first-order chi connectivity index (χ1) is 9.67. The highest BCUT2D eigenvalue weighted by Crippen LogP contribution is 2.35. The number of rotatable bonds is 7. The fourth-order valence-electron chi connectivity index (χ4n) is 2.63. The van der Waals surface area contributed by atoms with Crippen molar-refractivity contribution in [3.05, 3.63) is 28.6 Å². The summed E-state index contributed by atoms with van der Waals surface area (Å²) in [6.45, 7) is 4.56. The minimum absolute atomic E-state index is 1.25.